The van der Waals surface area contributed by atoms with Crippen LogP contribution >= 0.6 is 11.3 Å². The van der Waals surface area contributed by atoms with Crippen molar-refractivity contribution in [3.05, 3.63) is 95.5 Å². The van der Waals surface area contributed by atoms with Crippen molar-refractivity contribution in [3.63, 3.8) is 0 Å². The summed E-state index contributed by atoms with van der Waals surface area (Å²) in [6.07, 6.45) is 3.69. The van der Waals surface area contributed by atoms with Gasteiger partial charge in [-0.2, -0.15) is 10.4 Å². The standard InChI is InChI=1S/C26H20N4O3S/c1-18(26(32)28-22-11-6-5-8-19(22)16-27)33-24(31)14-13-20-17-30(21-9-3-2-4-10-21)29-25(20)23-12-7-15-34-23/h2-15,17-18H,1H3,(H,28,32)/b14-13+. The molecule has 1 atom stereocenters. The van der Waals surface area contributed by atoms with E-state index in [9.17, 15) is 9.59 Å². The van der Waals surface area contributed by atoms with Crippen LogP contribution in [-0.4, -0.2) is 27.8 Å². The highest BCUT2D eigenvalue weighted by Crippen LogP contribution is 2.28. The lowest BCUT2D eigenvalue weighted by molar-refractivity contribution is -0.148. The van der Waals surface area contributed by atoms with E-state index in [0.717, 1.165) is 21.8 Å². The SMILES string of the molecule is CC(OC(=O)/C=C/c1cn(-c2ccccc2)nc1-c1cccs1)C(=O)Nc1ccccc1C#N. The van der Waals surface area contributed by atoms with Crippen molar-refractivity contribution in [2.75, 3.05) is 5.32 Å². The number of ether oxygens (including phenoxy) is 1. The van der Waals surface area contributed by atoms with Crippen LogP contribution < -0.4 is 5.32 Å². The number of nitriles is 1. The number of rotatable bonds is 7. The zero-order chi connectivity index (χ0) is 23.9. The number of carbonyl (C=O) groups is 2. The Labute approximate surface area is 200 Å². The highest BCUT2D eigenvalue weighted by Gasteiger charge is 2.18. The first-order valence-electron chi connectivity index (χ1n) is 10.4. The van der Waals surface area contributed by atoms with E-state index in [1.54, 1.807) is 46.4 Å². The molecule has 1 amide bonds. The van der Waals surface area contributed by atoms with Crippen LogP contribution in [0.25, 0.3) is 22.3 Å². The molecular weight excluding hydrogens is 448 g/mol. The number of aromatic nitrogens is 2. The summed E-state index contributed by atoms with van der Waals surface area (Å²) in [6, 6.07) is 22.2. The van der Waals surface area contributed by atoms with Gasteiger partial charge in [0.2, 0.25) is 0 Å². The number of para-hydroxylation sites is 2. The third-order valence-corrected chi connectivity index (χ3v) is 5.76. The number of benzene rings is 2. The van der Waals surface area contributed by atoms with Crippen LogP contribution in [0.4, 0.5) is 5.69 Å². The molecule has 1 N–H and O–H groups in total. The van der Waals surface area contributed by atoms with Crippen LogP contribution in [0.15, 0.2) is 84.4 Å². The van der Waals surface area contributed by atoms with Gasteiger partial charge in [-0.05, 0) is 48.7 Å². The quantitative estimate of drug-likeness (QED) is 0.302. The molecule has 0 radical (unpaired) electrons. The summed E-state index contributed by atoms with van der Waals surface area (Å²) in [5, 5.41) is 18.4. The molecule has 0 bridgehead atoms. The molecule has 0 spiro atoms. The van der Waals surface area contributed by atoms with Gasteiger partial charge in [-0.3, -0.25) is 4.79 Å². The van der Waals surface area contributed by atoms with E-state index in [1.165, 1.54) is 13.0 Å². The van der Waals surface area contributed by atoms with E-state index in [-0.39, 0.29) is 0 Å². The summed E-state index contributed by atoms with van der Waals surface area (Å²) in [5.41, 5.74) is 3.06. The molecule has 0 saturated heterocycles. The fraction of sp³-hybridized carbons (Fsp3) is 0.0769. The number of esters is 1. The van der Waals surface area contributed by atoms with Crippen LogP contribution in [0.3, 0.4) is 0 Å². The van der Waals surface area contributed by atoms with E-state index in [0.29, 0.717) is 11.3 Å². The van der Waals surface area contributed by atoms with Crippen LogP contribution in [0.1, 0.15) is 18.1 Å². The van der Waals surface area contributed by atoms with Gasteiger partial charge in [0.15, 0.2) is 6.10 Å². The molecule has 2 heterocycles. The minimum atomic E-state index is -1.05. The number of anilines is 1. The Morgan fingerprint density at radius 3 is 2.62 bits per heavy atom. The van der Waals surface area contributed by atoms with Gasteiger partial charge in [0, 0.05) is 17.8 Å². The minimum Gasteiger partial charge on any atom is -0.449 e. The van der Waals surface area contributed by atoms with Crippen molar-refractivity contribution in [1.82, 2.24) is 9.78 Å². The molecule has 1 unspecified atom stereocenters. The number of thiophene rings is 1. The van der Waals surface area contributed by atoms with Crippen molar-refractivity contribution in [3.8, 4) is 22.3 Å². The van der Waals surface area contributed by atoms with Gasteiger partial charge in [-0.1, -0.05) is 36.4 Å². The Kier molecular flexibility index (Phi) is 6.96. The zero-order valence-electron chi connectivity index (χ0n) is 18.2. The smallest absolute Gasteiger partial charge is 0.331 e. The van der Waals surface area contributed by atoms with Gasteiger partial charge in [0.05, 0.1) is 21.8 Å². The fourth-order valence-electron chi connectivity index (χ4n) is 3.18. The van der Waals surface area contributed by atoms with Gasteiger partial charge in [-0.25, -0.2) is 9.48 Å². The van der Waals surface area contributed by atoms with Gasteiger partial charge in [0.25, 0.3) is 5.91 Å². The maximum atomic E-state index is 12.4. The maximum absolute atomic E-state index is 12.4. The van der Waals surface area contributed by atoms with E-state index >= 15 is 0 Å². The lowest BCUT2D eigenvalue weighted by atomic mass is 10.2. The molecule has 0 aliphatic rings. The maximum Gasteiger partial charge on any atom is 0.331 e. The Hall–Kier alpha value is -4.48. The number of amides is 1. The van der Waals surface area contributed by atoms with E-state index in [2.05, 4.69) is 10.4 Å². The lowest BCUT2D eigenvalue weighted by Gasteiger charge is -2.13. The van der Waals surface area contributed by atoms with Crippen LogP contribution in [0.5, 0.6) is 0 Å². The third kappa shape index (κ3) is 5.28. The average Bonchev–Trinajstić information content (AvgIpc) is 3.53. The number of nitrogens with one attached hydrogen (secondary N) is 1. The first kappa shape index (κ1) is 22.7. The van der Waals surface area contributed by atoms with Crippen molar-refractivity contribution < 1.29 is 14.3 Å². The van der Waals surface area contributed by atoms with Crippen LogP contribution in [0, 0.1) is 11.3 Å². The summed E-state index contributed by atoms with van der Waals surface area (Å²) >= 11 is 1.55. The largest absolute Gasteiger partial charge is 0.449 e. The first-order valence-corrected chi connectivity index (χ1v) is 11.3. The molecule has 2 aromatic carbocycles. The molecule has 168 valence electrons. The molecular formula is C26H20N4O3S. The molecule has 0 aliphatic carbocycles. The van der Waals surface area contributed by atoms with Gasteiger partial charge in [-0.15, -0.1) is 11.3 Å². The Bertz CT molecular complexity index is 1370. The Balaban J connectivity index is 1.47. The molecule has 8 heteroatoms. The van der Waals surface area contributed by atoms with Crippen molar-refractivity contribution in [2.24, 2.45) is 0 Å². The van der Waals surface area contributed by atoms with Gasteiger partial charge >= 0.3 is 5.97 Å². The molecule has 2 aromatic heterocycles. The normalized spacial score (nSPS) is 11.6. The predicted molar refractivity (Wildman–Crippen MR) is 131 cm³/mol. The van der Waals surface area contributed by atoms with E-state index in [1.807, 2.05) is 60.1 Å². The second-order valence-corrected chi connectivity index (χ2v) is 8.20. The van der Waals surface area contributed by atoms with E-state index in [4.69, 9.17) is 10.00 Å². The van der Waals surface area contributed by atoms with E-state index < -0.39 is 18.0 Å². The zero-order valence-corrected chi connectivity index (χ0v) is 19.0. The second-order valence-electron chi connectivity index (χ2n) is 7.25. The van der Waals surface area contributed by atoms with Gasteiger partial charge < -0.3 is 10.1 Å². The summed E-state index contributed by atoms with van der Waals surface area (Å²) in [5.74, 6) is -1.19. The summed E-state index contributed by atoms with van der Waals surface area (Å²) in [6.45, 7) is 1.47. The molecule has 0 fully saturated rings. The van der Waals surface area contributed by atoms with Crippen molar-refractivity contribution >= 4 is 35.0 Å². The first-order chi connectivity index (χ1) is 16.5. The summed E-state index contributed by atoms with van der Waals surface area (Å²) in [7, 11) is 0. The van der Waals surface area contributed by atoms with Gasteiger partial charge in [0.1, 0.15) is 11.8 Å². The summed E-state index contributed by atoms with van der Waals surface area (Å²) < 4.78 is 7.01. The highest BCUT2D eigenvalue weighted by molar-refractivity contribution is 7.13. The third-order valence-electron chi connectivity index (χ3n) is 4.88. The molecule has 4 rings (SSSR count). The fourth-order valence-corrected chi connectivity index (χ4v) is 3.91. The molecule has 7 nitrogen and oxygen atoms in total. The lowest BCUT2D eigenvalue weighted by Crippen LogP contribution is -2.29. The molecule has 34 heavy (non-hydrogen) atoms. The number of hydrogen-bond donors (Lipinski definition) is 1. The summed E-state index contributed by atoms with van der Waals surface area (Å²) in [4.78, 5) is 25.8. The number of nitrogens with zero attached hydrogens (tertiary/aromatic N) is 3. The molecule has 4 aromatic rings. The monoisotopic (exact) mass is 468 g/mol. The molecule has 0 saturated carbocycles. The molecule has 0 aliphatic heterocycles. The van der Waals surface area contributed by atoms with Crippen LogP contribution in [-0.2, 0) is 14.3 Å². The number of hydrogen-bond acceptors (Lipinski definition) is 6. The Morgan fingerprint density at radius 1 is 1.12 bits per heavy atom. The van der Waals surface area contributed by atoms with Crippen LogP contribution in [0.2, 0.25) is 0 Å². The van der Waals surface area contributed by atoms with Crippen molar-refractivity contribution in [1.29, 1.82) is 5.26 Å². The van der Waals surface area contributed by atoms with Crippen molar-refractivity contribution in [2.45, 2.75) is 13.0 Å². The highest BCUT2D eigenvalue weighted by atomic mass is 32.1. The Morgan fingerprint density at radius 2 is 1.88 bits per heavy atom. The minimum absolute atomic E-state index is 0.325. The second kappa shape index (κ2) is 10.4. The average molecular weight is 469 g/mol. The number of carbonyl (C=O) groups excluding carboxylic acids is 2. The predicted octanol–water partition coefficient (Wildman–Crippen LogP) is 5.06. The topological polar surface area (TPSA) is 97.0 Å².